The molecule has 0 aliphatic carbocycles. The van der Waals surface area contributed by atoms with E-state index in [1.54, 1.807) is 39.0 Å². The Hall–Kier alpha value is -2.89. The van der Waals surface area contributed by atoms with Crippen LogP contribution >= 0.6 is 0 Å². The van der Waals surface area contributed by atoms with E-state index >= 15 is 0 Å². The lowest BCUT2D eigenvalue weighted by Gasteiger charge is -2.20. The third-order valence-corrected chi connectivity index (χ3v) is 3.47. The second kappa shape index (κ2) is 7.99. The monoisotopic (exact) mass is 359 g/mol. The van der Waals surface area contributed by atoms with Crippen LogP contribution in [0.4, 0.5) is 14.9 Å². The number of Topliss-reactive ketones (excluding diaryl/α,β-unsaturated/α-hetero) is 1. The van der Waals surface area contributed by atoms with Crippen molar-refractivity contribution in [2.75, 3.05) is 12.4 Å². The zero-order valence-corrected chi connectivity index (χ0v) is 15.3. The molecule has 1 N–H and O–H groups in total. The largest absolute Gasteiger partial charge is 0.497 e. The summed E-state index contributed by atoms with van der Waals surface area (Å²) in [5.41, 5.74) is 0.776. The number of rotatable bonds is 5. The van der Waals surface area contributed by atoms with Crippen LogP contribution in [0.25, 0.3) is 0 Å². The lowest BCUT2D eigenvalue weighted by molar-refractivity contribution is 0.0635. The Morgan fingerprint density at radius 2 is 1.73 bits per heavy atom. The molecule has 2 aromatic rings. The fraction of sp³-hybridized carbons (Fsp3) is 0.300. The average Bonchev–Trinajstić information content (AvgIpc) is 2.55. The van der Waals surface area contributed by atoms with Crippen LogP contribution in [0, 0.1) is 5.82 Å². The number of hydrogen-bond donors (Lipinski definition) is 1. The van der Waals surface area contributed by atoms with Gasteiger partial charge in [0, 0.05) is 17.7 Å². The second-order valence-electron chi connectivity index (χ2n) is 6.76. The molecule has 2 aromatic carbocycles. The number of nitrogens with one attached hydrogen (secondary N) is 1. The number of hydrogen-bond acceptors (Lipinski definition) is 4. The van der Waals surface area contributed by atoms with Crippen LogP contribution in [0.15, 0.2) is 42.5 Å². The molecule has 6 heteroatoms. The first-order valence-electron chi connectivity index (χ1n) is 8.13. The highest BCUT2D eigenvalue weighted by Crippen LogP contribution is 2.24. The molecule has 0 unspecified atom stereocenters. The lowest BCUT2D eigenvalue weighted by Crippen LogP contribution is -2.27. The van der Waals surface area contributed by atoms with Crippen molar-refractivity contribution in [3.63, 3.8) is 0 Å². The van der Waals surface area contributed by atoms with Crippen molar-refractivity contribution in [1.82, 2.24) is 0 Å². The average molecular weight is 359 g/mol. The van der Waals surface area contributed by atoms with Crippen LogP contribution in [0.2, 0.25) is 0 Å². The number of halogens is 1. The number of ketones is 1. The molecule has 0 aliphatic rings. The van der Waals surface area contributed by atoms with Gasteiger partial charge >= 0.3 is 6.09 Å². The van der Waals surface area contributed by atoms with Crippen LogP contribution in [0.1, 0.15) is 36.7 Å². The predicted molar refractivity (Wildman–Crippen MR) is 97.3 cm³/mol. The minimum atomic E-state index is -0.638. The molecule has 0 spiro atoms. The number of benzene rings is 2. The van der Waals surface area contributed by atoms with Gasteiger partial charge in [-0.3, -0.25) is 10.1 Å². The van der Waals surface area contributed by atoms with Gasteiger partial charge in [0.25, 0.3) is 0 Å². The van der Waals surface area contributed by atoms with E-state index < -0.39 is 17.5 Å². The molecule has 0 radical (unpaired) electrons. The number of carbonyl (C=O) groups excluding carboxylic acids is 2. The number of carbonyl (C=O) groups is 2. The fourth-order valence-corrected chi connectivity index (χ4v) is 2.29. The van der Waals surface area contributed by atoms with Crippen molar-refractivity contribution in [1.29, 1.82) is 0 Å². The topological polar surface area (TPSA) is 64.6 Å². The van der Waals surface area contributed by atoms with E-state index in [9.17, 15) is 14.0 Å². The summed E-state index contributed by atoms with van der Waals surface area (Å²) < 4.78 is 23.5. The molecular weight excluding hydrogens is 337 g/mol. The minimum absolute atomic E-state index is 0.0218. The Kier molecular flexibility index (Phi) is 5.97. The smallest absolute Gasteiger partial charge is 0.412 e. The van der Waals surface area contributed by atoms with Gasteiger partial charge in [0.15, 0.2) is 5.78 Å². The molecule has 0 aliphatic heterocycles. The fourth-order valence-electron chi connectivity index (χ4n) is 2.29. The number of ether oxygens (including phenoxy) is 2. The van der Waals surface area contributed by atoms with Crippen molar-refractivity contribution in [3.8, 4) is 5.75 Å². The summed E-state index contributed by atoms with van der Waals surface area (Å²) in [4.78, 5) is 24.5. The van der Waals surface area contributed by atoms with E-state index in [-0.39, 0.29) is 12.2 Å². The summed E-state index contributed by atoms with van der Waals surface area (Å²) in [6, 6.07) is 10.3. The second-order valence-corrected chi connectivity index (χ2v) is 6.76. The van der Waals surface area contributed by atoms with Gasteiger partial charge in [0.2, 0.25) is 0 Å². The van der Waals surface area contributed by atoms with Crippen molar-refractivity contribution in [3.05, 3.63) is 59.4 Å². The highest BCUT2D eigenvalue weighted by atomic mass is 19.1. The van der Waals surface area contributed by atoms with Gasteiger partial charge in [-0.1, -0.05) is 0 Å². The van der Waals surface area contributed by atoms with Gasteiger partial charge in [0.05, 0.1) is 7.11 Å². The van der Waals surface area contributed by atoms with Crippen molar-refractivity contribution < 1.29 is 23.5 Å². The molecule has 0 fully saturated rings. The maximum absolute atomic E-state index is 13.0. The first kappa shape index (κ1) is 19.4. The van der Waals surface area contributed by atoms with Crippen LogP contribution < -0.4 is 10.1 Å². The maximum atomic E-state index is 13.0. The summed E-state index contributed by atoms with van der Waals surface area (Å²) >= 11 is 0. The summed E-state index contributed by atoms with van der Waals surface area (Å²) in [7, 11) is 1.52. The highest BCUT2D eigenvalue weighted by Gasteiger charge is 2.18. The predicted octanol–water partition coefficient (Wildman–Crippen LogP) is 4.61. The minimum Gasteiger partial charge on any atom is -0.497 e. The van der Waals surface area contributed by atoms with Gasteiger partial charge in [-0.15, -0.1) is 0 Å². The van der Waals surface area contributed by atoms with Gasteiger partial charge in [-0.25, -0.2) is 9.18 Å². The number of amides is 1. The lowest BCUT2D eigenvalue weighted by atomic mass is 10.0. The van der Waals surface area contributed by atoms with E-state index in [0.29, 0.717) is 22.6 Å². The molecule has 5 nitrogen and oxygen atoms in total. The zero-order valence-electron chi connectivity index (χ0n) is 15.3. The van der Waals surface area contributed by atoms with E-state index in [1.165, 1.54) is 31.4 Å². The standard InChI is InChI=1S/C20H22FNO4/c1-20(2,3)26-19(24)22-17-10-9-16(25-4)11-14(17)12-18(23)13-5-7-15(21)8-6-13/h5-11H,12H2,1-4H3,(H,22,24). The normalized spacial score (nSPS) is 11.0. The first-order valence-corrected chi connectivity index (χ1v) is 8.13. The summed E-state index contributed by atoms with van der Waals surface area (Å²) in [5.74, 6) is -0.0534. The molecule has 1 amide bonds. The quantitative estimate of drug-likeness (QED) is 0.792. The number of anilines is 1. The third kappa shape index (κ3) is 5.58. The van der Waals surface area contributed by atoms with Gasteiger partial charge in [0.1, 0.15) is 17.2 Å². The van der Waals surface area contributed by atoms with Crippen LogP contribution in [0.3, 0.4) is 0 Å². The van der Waals surface area contributed by atoms with Crippen LogP contribution in [-0.4, -0.2) is 24.6 Å². The number of methoxy groups -OCH3 is 1. The Morgan fingerprint density at radius 1 is 1.08 bits per heavy atom. The molecule has 26 heavy (non-hydrogen) atoms. The summed E-state index contributed by atoms with van der Waals surface area (Å²) in [6.45, 7) is 5.29. The van der Waals surface area contributed by atoms with Crippen molar-refractivity contribution >= 4 is 17.6 Å². The molecule has 0 bridgehead atoms. The summed E-state index contributed by atoms with van der Waals surface area (Å²) in [5, 5.41) is 2.66. The molecule has 138 valence electrons. The van der Waals surface area contributed by atoms with Crippen molar-refractivity contribution in [2.24, 2.45) is 0 Å². The Bertz CT molecular complexity index is 794. The van der Waals surface area contributed by atoms with Crippen LogP contribution in [0.5, 0.6) is 5.75 Å². The van der Waals surface area contributed by atoms with Gasteiger partial charge in [-0.2, -0.15) is 0 Å². The molecule has 2 rings (SSSR count). The molecule has 0 heterocycles. The first-order chi connectivity index (χ1) is 12.2. The van der Waals surface area contributed by atoms with Gasteiger partial charge in [-0.05, 0) is 68.8 Å². The molecule has 0 aromatic heterocycles. The Balaban J connectivity index is 2.23. The van der Waals surface area contributed by atoms with E-state index in [2.05, 4.69) is 5.32 Å². The highest BCUT2D eigenvalue weighted by molar-refractivity contribution is 5.99. The Morgan fingerprint density at radius 3 is 2.31 bits per heavy atom. The van der Waals surface area contributed by atoms with E-state index in [1.807, 2.05) is 0 Å². The molecule has 0 saturated carbocycles. The van der Waals surface area contributed by atoms with Crippen molar-refractivity contribution in [2.45, 2.75) is 32.8 Å². The maximum Gasteiger partial charge on any atom is 0.412 e. The van der Waals surface area contributed by atoms with Gasteiger partial charge < -0.3 is 9.47 Å². The summed E-state index contributed by atoms with van der Waals surface area (Å²) in [6.07, 6.45) is -0.591. The Labute approximate surface area is 152 Å². The molecule has 0 atom stereocenters. The molecule has 0 saturated heterocycles. The van der Waals surface area contributed by atoms with Crippen LogP contribution in [-0.2, 0) is 11.2 Å². The molecular formula is C20H22FNO4. The zero-order chi connectivity index (χ0) is 19.3. The van der Waals surface area contributed by atoms with E-state index in [0.717, 1.165) is 0 Å². The van der Waals surface area contributed by atoms with E-state index in [4.69, 9.17) is 9.47 Å². The third-order valence-electron chi connectivity index (χ3n) is 3.47. The SMILES string of the molecule is COc1ccc(NC(=O)OC(C)(C)C)c(CC(=O)c2ccc(F)cc2)c1.